The lowest BCUT2D eigenvalue weighted by molar-refractivity contribution is -0.0199. The maximum absolute atomic E-state index is 11.6. The van der Waals surface area contributed by atoms with Gasteiger partial charge in [0.15, 0.2) is 0 Å². The number of aromatic nitrogens is 3. The molecule has 35 heavy (non-hydrogen) atoms. The predicted octanol–water partition coefficient (Wildman–Crippen LogP) is 4.56. The summed E-state index contributed by atoms with van der Waals surface area (Å²) >= 11 is 0. The minimum absolute atomic E-state index is 0.107. The van der Waals surface area contributed by atoms with Gasteiger partial charge < -0.3 is 19.5 Å². The van der Waals surface area contributed by atoms with E-state index in [9.17, 15) is 9.90 Å². The average Bonchev–Trinajstić information content (AvgIpc) is 3.41. The maximum atomic E-state index is 11.6. The molecule has 180 valence electrons. The number of carboxylic acid groups (broad SMARTS) is 1. The first kappa shape index (κ1) is 22.9. The van der Waals surface area contributed by atoms with Crippen molar-refractivity contribution in [3.05, 3.63) is 90.5 Å². The third-order valence-electron chi connectivity index (χ3n) is 6.47. The van der Waals surface area contributed by atoms with Gasteiger partial charge in [0.25, 0.3) is 0 Å². The fraction of sp³-hybridized carbons (Fsp3) is 0.296. The van der Waals surface area contributed by atoms with Crippen molar-refractivity contribution in [1.29, 1.82) is 0 Å². The van der Waals surface area contributed by atoms with E-state index in [4.69, 9.17) is 9.47 Å². The largest absolute Gasteiger partial charge is 0.492 e. The van der Waals surface area contributed by atoms with Crippen LogP contribution in [0.4, 0.5) is 4.79 Å². The second-order valence-corrected chi connectivity index (χ2v) is 8.73. The molecule has 2 heterocycles. The summed E-state index contributed by atoms with van der Waals surface area (Å²) in [6.07, 6.45) is 2.74. The van der Waals surface area contributed by atoms with E-state index in [0.717, 1.165) is 16.9 Å². The van der Waals surface area contributed by atoms with E-state index < -0.39 is 6.09 Å². The fourth-order valence-electron chi connectivity index (χ4n) is 4.59. The van der Waals surface area contributed by atoms with Gasteiger partial charge in [-0.2, -0.15) is 5.10 Å². The van der Waals surface area contributed by atoms with Gasteiger partial charge in [0, 0.05) is 12.5 Å². The van der Waals surface area contributed by atoms with Gasteiger partial charge in [0.2, 0.25) is 0 Å². The first-order valence-corrected chi connectivity index (χ1v) is 11.8. The highest BCUT2D eigenvalue weighted by atomic mass is 16.5. The van der Waals surface area contributed by atoms with Gasteiger partial charge in [0.1, 0.15) is 25.0 Å². The second kappa shape index (κ2) is 10.6. The van der Waals surface area contributed by atoms with Crippen LogP contribution in [0.25, 0.3) is 10.8 Å². The molecule has 1 aromatic heterocycles. The number of rotatable bonds is 8. The van der Waals surface area contributed by atoms with Gasteiger partial charge in [-0.15, -0.1) is 0 Å². The Balaban J connectivity index is 1.25. The summed E-state index contributed by atoms with van der Waals surface area (Å²) in [5, 5.41) is 16.0. The van der Waals surface area contributed by atoms with Gasteiger partial charge in [-0.3, -0.25) is 0 Å². The number of carbonyl (C=O) groups is 1. The molecule has 2 atom stereocenters. The van der Waals surface area contributed by atoms with E-state index in [0.29, 0.717) is 39.3 Å². The SMILES string of the molecule is O=C(O)N1CCC(c2ccc(OCCn3cncn3)cc2)C(OCc2ccc3ccccc3c2)C1. The standard InChI is InChI=1S/C27H28N4O4/c32-27(33)30-12-11-25(22-7-9-24(10-8-22)34-14-13-31-19-28-18-29-31)26(16-30)35-17-20-5-6-21-3-1-2-4-23(21)15-20/h1-10,15,18-19,25-26H,11-14,16-17H2,(H,32,33). The van der Waals surface area contributed by atoms with Crippen molar-refractivity contribution < 1.29 is 19.4 Å². The van der Waals surface area contributed by atoms with Crippen molar-refractivity contribution >= 4 is 16.9 Å². The molecule has 0 bridgehead atoms. The molecule has 1 aliphatic rings. The normalized spacial score (nSPS) is 18.0. The number of likely N-dealkylation sites (tertiary alicyclic amines) is 1. The van der Waals surface area contributed by atoms with Gasteiger partial charge >= 0.3 is 6.09 Å². The van der Waals surface area contributed by atoms with E-state index >= 15 is 0 Å². The number of benzene rings is 3. The topological polar surface area (TPSA) is 89.7 Å². The molecule has 4 aromatic rings. The first-order chi connectivity index (χ1) is 17.2. The van der Waals surface area contributed by atoms with E-state index in [1.54, 1.807) is 11.0 Å². The molecule has 1 amide bonds. The third kappa shape index (κ3) is 5.60. The van der Waals surface area contributed by atoms with Crippen LogP contribution in [0.5, 0.6) is 5.75 Å². The van der Waals surface area contributed by atoms with Crippen molar-refractivity contribution in [3.63, 3.8) is 0 Å². The molecule has 1 fully saturated rings. The van der Waals surface area contributed by atoms with Crippen molar-refractivity contribution in [2.45, 2.75) is 31.6 Å². The minimum Gasteiger partial charge on any atom is -0.492 e. The van der Waals surface area contributed by atoms with E-state index in [2.05, 4.69) is 52.5 Å². The van der Waals surface area contributed by atoms with Crippen LogP contribution in [0.1, 0.15) is 23.5 Å². The quantitative estimate of drug-likeness (QED) is 0.404. The Morgan fingerprint density at radius 3 is 2.66 bits per heavy atom. The monoisotopic (exact) mass is 472 g/mol. The zero-order valence-corrected chi connectivity index (χ0v) is 19.4. The Hall–Kier alpha value is -3.91. The summed E-state index contributed by atoms with van der Waals surface area (Å²) in [7, 11) is 0. The van der Waals surface area contributed by atoms with E-state index in [1.165, 1.54) is 22.0 Å². The van der Waals surface area contributed by atoms with Crippen LogP contribution >= 0.6 is 0 Å². The van der Waals surface area contributed by atoms with Crippen molar-refractivity contribution in [3.8, 4) is 5.75 Å². The third-order valence-corrected chi connectivity index (χ3v) is 6.47. The molecule has 5 rings (SSSR count). The number of amides is 1. The summed E-state index contributed by atoms with van der Waals surface area (Å²) in [4.78, 5) is 17.0. The average molecular weight is 473 g/mol. The lowest BCUT2D eigenvalue weighted by Gasteiger charge is -2.37. The van der Waals surface area contributed by atoms with Crippen LogP contribution in [-0.2, 0) is 17.9 Å². The first-order valence-electron chi connectivity index (χ1n) is 11.8. The molecule has 0 spiro atoms. The summed E-state index contributed by atoms with van der Waals surface area (Å²) in [6.45, 7) is 2.40. The minimum atomic E-state index is -0.904. The van der Waals surface area contributed by atoms with Crippen LogP contribution in [0, 0.1) is 0 Å². The smallest absolute Gasteiger partial charge is 0.407 e. The van der Waals surface area contributed by atoms with Gasteiger partial charge in [0.05, 0.1) is 25.8 Å². The molecule has 8 nitrogen and oxygen atoms in total. The van der Waals surface area contributed by atoms with Crippen LogP contribution in [0.3, 0.4) is 0 Å². The molecule has 0 radical (unpaired) electrons. The molecular weight excluding hydrogens is 444 g/mol. The van der Waals surface area contributed by atoms with Crippen molar-refractivity contribution in [2.75, 3.05) is 19.7 Å². The highest BCUT2D eigenvalue weighted by Crippen LogP contribution is 2.32. The fourth-order valence-corrected chi connectivity index (χ4v) is 4.59. The Morgan fingerprint density at radius 1 is 1.06 bits per heavy atom. The lowest BCUT2D eigenvalue weighted by atomic mass is 9.87. The van der Waals surface area contributed by atoms with Gasteiger partial charge in [-0.05, 0) is 46.5 Å². The van der Waals surface area contributed by atoms with Crippen LogP contribution in [0.2, 0.25) is 0 Å². The molecular formula is C27H28N4O4. The Morgan fingerprint density at radius 2 is 1.89 bits per heavy atom. The number of nitrogens with zero attached hydrogens (tertiary/aromatic N) is 4. The number of hydrogen-bond donors (Lipinski definition) is 1. The van der Waals surface area contributed by atoms with Crippen molar-refractivity contribution in [2.24, 2.45) is 0 Å². The van der Waals surface area contributed by atoms with Crippen LogP contribution < -0.4 is 4.74 Å². The molecule has 1 aliphatic heterocycles. The number of hydrogen-bond acceptors (Lipinski definition) is 5. The molecule has 3 aromatic carbocycles. The molecule has 1 N–H and O–H groups in total. The molecule has 1 saturated heterocycles. The Kier molecular flexibility index (Phi) is 6.90. The number of ether oxygens (including phenoxy) is 2. The summed E-state index contributed by atoms with van der Waals surface area (Å²) in [5.74, 6) is 0.890. The van der Waals surface area contributed by atoms with E-state index in [-0.39, 0.29) is 12.0 Å². The Labute approximate surface area is 203 Å². The lowest BCUT2D eigenvalue weighted by Crippen LogP contribution is -2.46. The number of fused-ring (bicyclic) bond motifs is 1. The summed E-state index contributed by atoms with van der Waals surface area (Å²) in [6, 6.07) is 22.5. The highest BCUT2D eigenvalue weighted by molar-refractivity contribution is 5.82. The molecule has 2 unspecified atom stereocenters. The van der Waals surface area contributed by atoms with Gasteiger partial charge in [-0.1, -0.05) is 48.5 Å². The number of piperidine rings is 1. The zero-order chi connectivity index (χ0) is 24.0. The van der Waals surface area contributed by atoms with Crippen molar-refractivity contribution in [1.82, 2.24) is 19.7 Å². The second-order valence-electron chi connectivity index (χ2n) is 8.73. The Bertz CT molecular complexity index is 1260. The predicted molar refractivity (Wildman–Crippen MR) is 131 cm³/mol. The highest BCUT2D eigenvalue weighted by Gasteiger charge is 2.33. The summed E-state index contributed by atoms with van der Waals surface area (Å²) in [5.41, 5.74) is 2.20. The maximum Gasteiger partial charge on any atom is 0.407 e. The van der Waals surface area contributed by atoms with E-state index in [1.807, 2.05) is 24.3 Å². The zero-order valence-electron chi connectivity index (χ0n) is 19.4. The molecule has 8 heteroatoms. The van der Waals surface area contributed by atoms with Gasteiger partial charge in [-0.25, -0.2) is 14.5 Å². The molecule has 0 saturated carbocycles. The van der Waals surface area contributed by atoms with Crippen LogP contribution in [-0.4, -0.2) is 56.7 Å². The van der Waals surface area contributed by atoms with Crippen LogP contribution in [0.15, 0.2) is 79.4 Å². The summed E-state index contributed by atoms with van der Waals surface area (Å²) < 4.78 is 13.9. The molecule has 0 aliphatic carbocycles.